The van der Waals surface area contributed by atoms with Crippen molar-refractivity contribution in [2.24, 2.45) is 17.8 Å². The van der Waals surface area contributed by atoms with Crippen molar-refractivity contribution in [1.82, 2.24) is 0 Å². The number of aliphatic hydroxyl groups is 1. The largest absolute Gasteiger partial charge is 0.465 e. The maximum atomic E-state index is 12.6. The summed E-state index contributed by atoms with van der Waals surface area (Å²) in [6.07, 6.45) is 3.26. The number of carbonyl (C=O) groups excluding carboxylic acids is 1. The van der Waals surface area contributed by atoms with Gasteiger partial charge < -0.3 is 28.2 Å². The second kappa shape index (κ2) is 18.3. The summed E-state index contributed by atoms with van der Waals surface area (Å²) in [6.45, 7) is 29.1. The topological polar surface area (TPSA) is 83.5 Å². The fourth-order valence-electron chi connectivity index (χ4n) is 6.95. The summed E-state index contributed by atoms with van der Waals surface area (Å²) >= 11 is 3.43. The third-order valence-corrected chi connectivity index (χ3v) is 21.5. The number of ether oxygens (including phenoxy) is 3. The highest BCUT2D eigenvalue weighted by Crippen LogP contribution is 2.41. The van der Waals surface area contributed by atoms with Crippen LogP contribution in [-0.4, -0.2) is 76.5 Å². The van der Waals surface area contributed by atoms with Crippen molar-refractivity contribution >= 4 is 48.9 Å². The van der Waals surface area contributed by atoms with Gasteiger partial charge in [0.2, 0.25) is 0 Å². The number of rotatable bonds is 16. The minimum atomic E-state index is -2.74. The molecule has 0 aliphatic carbocycles. The molecule has 2 aromatic rings. The van der Waals surface area contributed by atoms with Gasteiger partial charge in [0.05, 0.1) is 31.0 Å². The van der Waals surface area contributed by atoms with E-state index < -0.39 is 33.0 Å². The molecule has 10 heteroatoms. The number of halogens is 1. The lowest BCUT2D eigenvalue weighted by Gasteiger charge is -2.45. The lowest BCUT2D eigenvalue weighted by molar-refractivity contribution is -0.187. The molecule has 0 spiro atoms. The van der Waals surface area contributed by atoms with Gasteiger partial charge in [-0.25, -0.2) is 0 Å². The fourth-order valence-corrected chi connectivity index (χ4v) is 13.6. The number of carbonyl (C=O) groups is 1. The molecule has 0 radical (unpaired) electrons. The average molecular weight is 820 g/mol. The Bertz CT molecular complexity index is 1380. The average Bonchev–Trinajstić information content (AvgIpc) is 3.09. The predicted octanol–water partition coefficient (Wildman–Crippen LogP) is 8.63. The van der Waals surface area contributed by atoms with Gasteiger partial charge in [-0.3, -0.25) is 4.79 Å². The van der Waals surface area contributed by atoms with Crippen LogP contribution in [0.2, 0.25) is 23.2 Å². The summed E-state index contributed by atoms with van der Waals surface area (Å²) in [5.41, 5.74) is 0. The first-order valence-corrected chi connectivity index (χ1v) is 24.6. The van der Waals surface area contributed by atoms with Gasteiger partial charge in [-0.05, 0) is 53.3 Å². The highest BCUT2D eigenvalue weighted by molar-refractivity contribution is 9.10. The van der Waals surface area contributed by atoms with E-state index in [4.69, 9.17) is 23.1 Å². The van der Waals surface area contributed by atoms with E-state index in [1.165, 1.54) is 10.4 Å². The molecule has 52 heavy (non-hydrogen) atoms. The van der Waals surface area contributed by atoms with Gasteiger partial charge in [0.25, 0.3) is 8.32 Å². The van der Waals surface area contributed by atoms with Crippen LogP contribution in [0.4, 0.5) is 0 Å². The Labute approximate surface area is 325 Å². The number of alkyl halides is 1. The molecular weight excluding hydrogens is 753 g/mol. The molecule has 0 unspecified atom stereocenters. The summed E-state index contributed by atoms with van der Waals surface area (Å²) in [6, 6.07) is 21.6. The fraction of sp³-hybridized carbons (Fsp3) is 0.643. The van der Waals surface area contributed by atoms with Gasteiger partial charge in [-0.2, -0.15) is 0 Å². The summed E-state index contributed by atoms with van der Waals surface area (Å²) < 4.78 is 30.7. The van der Waals surface area contributed by atoms with Crippen molar-refractivity contribution < 1.29 is 33.0 Å². The summed E-state index contributed by atoms with van der Waals surface area (Å²) in [4.78, 5) is 12.6. The third kappa shape index (κ3) is 10.6. The Morgan fingerprint density at radius 1 is 0.923 bits per heavy atom. The Hall–Kier alpha value is -1.64. The molecule has 1 aliphatic rings. The molecule has 0 aromatic heterocycles. The number of benzene rings is 2. The zero-order chi connectivity index (χ0) is 39.1. The standard InChI is InChI=1S/C42H67BrO7Si2/c1-14-46-39(45)42(11,43)38(44)32(4)36-27-33(47-29-48-36)26-25-30(2)37(50-51(12,13)40(5,6)7)31(3)28-49-52(41(8,9)10,34-21-17-15-18-22-34)35-23-19-16-20-24-35/h15-26,30-33,36-38,44H,14,27-29H2,1-13H3/b26-25-/t30-,31-,32+,33-,36+,37-,38+,42-/m0/s1. The van der Waals surface area contributed by atoms with Crippen LogP contribution in [0.15, 0.2) is 72.8 Å². The van der Waals surface area contributed by atoms with Gasteiger partial charge in [-0.1, -0.05) is 151 Å². The lowest BCUT2D eigenvalue weighted by atomic mass is 9.86. The van der Waals surface area contributed by atoms with Gasteiger partial charge >= 0.3 is 5.97 Å². The number of hydrogen-bond acceptors (Lipinski definition) is 7. The summed E-state index contributed by atoms with van der Waals surface area (Å²) in [5.74, 6) is -0.685. The Morgan fingerprint density at radius 3 is 1.94 bits per heavy atom. The second-order valence-electron chi connectivity index (χ2n) is 17.4. The molecule has 8 atom stereocenters. The van der Waals surface area contributed by atoms with Crippen LogP contribution in [0.3, 0.4) is 0 Å². The zero-order valence-electron chi connectivity index (χ0n) is 34.1. The molecule has 7 nitrogen and oxygen atoms in total. The molecule has 2 aromatic carbocycles. The smallest absolute Gasteiger partial charge is 0.325 e. The van der Waals surface area contributed by atoms with E-state index in [1.54, 1.807) is 13.8 Å². The van der Waals surface area contributed by atoms with Crippen molar-refractivity contribution in [3.8, 4) is 0 Å². The first-order valence-electron chi connectivity index (χ1n) is 19.0. The van der Waals surface area contributed by atoms with Crippen molar-refractivity contribution in [2.75, 3.05) is 20.0 Å². The van der Waals surface area contributed by atoms with E-state index in [2.05, 4.69) is 157 Å². The van der Waals surface area contributed by atoms with Crippen molar-refractivity contribution in [2.45, 2.75) is 134 Å². The molecule has 1 aliphatic heterocycles. The van der Waals surface area contributed by atoms with E-state index in [0.717, 1.165) is 0 Å². The summed E-state index contributed by atoms with van der Waals surface area (Å²) in [5, 5.41) is 13.6. The van der Waals surface area contributed by atoms with E-state index >= 15 is 0 Å². The highest BCUT2D eigenvalue weighted by atomic mass is 79.9. The third-order valence-electron chi connectivity index (χ3n) is 11.3. The first-order chi connectivity index (χ1) is 24.1. The Kier molecular flexibility index (Phi) is 15.8. The molecule has 1 N–H and O–H groups in total. The van der Waals surface area contributed by atoms with Crippen molar-refractivity contribution in [3.63, 3.8) is 0 Å². The molecular formula is C42H67BrO7Si2. The van der Waals surface area contributed by atoms with Gasteiger partial charge in [0, 0.05) is 24.9 Å². The molecule has 292 valence electrons. The Balaban J connectivity index is 1.89. The quantitative estimate of drug-likeness (QED) is 0.0787. The van der Waals surface area contributed by atoms with E-state index in [0.29, 0.717) is 13.0 Å². The molecule has 1 saturated heterocycles. The molecule has 1 fully saturated rings. The van der Waals surface area contributed by atoms with Crippen LogP contribution < -0.4 is 10.4 Å². The number of aliphatic hydroxyl groups excluding tert-OH is 1. The van der Waals surface area contributed by atoms with Crippen LogP contribution >= 0.6 is 15.9 Å². The van der Waals surface area contributed by atoms with Gasteiger partial charge in [0.15, 0.2) is 8.32 Å². The maximum Gasteiger partial charge on any atom is 0.325 e. The van der Waals surface area contributed by atoms with Gasteiger partial charge in [0.1, 0.15) is 11.1 Å². The highest BCUT2D eigenvalue weighted by Gasteiger charge is 2.51. The maximum absolute atomic E-state index is 12.6. The minimum Gasteiger partial charge on any atom is -0.465 e. The van der Waals surface area contributed by atoms with Crippen LogP contribution in [0.1, 0.15) is 82.6 Å². The molecule has 1 heterocycles. The zero-order valence-corrected chi connectivity index (χ0v) is 37.7. The lowest BCUT2D eigenvalue weighted by Crippen LogP contribution is -2.67. The number of hydrogen-bond donors (Lipinski definition) is 1. The summed E-state index contributed by atoms with van der Waals surface area (Å²) in [7, 11) is -4.91. The molecule has 3 rings (SSSR count). The van der Waals surface area contributed by atoms with Crippen molar-refractivity contribution in [1.29, 1.82) is 0 Å². The van der Waals surface area contributed by atoms with Crippen LogP contribution in [0.25, 0.3) is 0 Å². The Morgan fingerprint density at radius 2 is 1.46 bits per heavy atom. The van der Waals surface area contributed by atoms with E-state index in [-0.39, 0.29) is 59.5 Å². The molecule has 0 bridgehead atoms. The SMILES string of the molecule is CCOC(=O)[C@@](C)(Br)[C@H](O)[C@H](C)[C@H]1C[C@H](/C=C\[C@H](C)[C@H](O[Si](C)(C)C(C)(C)C)[C@@H](C)CO[Si](c2ccccc2)(c2ccccc2)C(C)(C)C)OCO1. The van der Waals surface area contributed by atoms with Crippen LogP contribution in [-0.2, 0) is 27.9 Å². The first kappa shape index (κ1) is 44.8. The van der Waals surface area contributed by atoms with Crippen molar-refractivity contribution in [3.05, 3.63) is 72.8 Å². The predicted molar refractivity (Wildman–Crippen MR) is 221 cm³/mol. The van der Waals surface area contributed by atoms with Crippen LogP contribution in [0, 0.1) is 17.8 Å². The molecule has 0 amide bonds. The van der Waals surface area contributed by atoms with Gasteiger partial charge in [-0.15, -0.1) is 0 Å². The molecule has 0 saturated carbocycles. The van der Waals surface area contributed by atoms with E-state index in [9.17, 15) is 9.90 Å². The normalized spacial score (nSPS) is 21.9. The monoisotopic (exact) mass is 818 g/mol. The number of esters is 1. The van der Waals surface area contributed by atoms with Crippen LogP contribution in [0.5, 0.6) is 0 Å². The van der Waals surface area contributed by atoms with E-state index in [1.807, 2.05) is 6.92 Å². The second-order valence-corrected chi connectivity index (χ2v) is 28.1. The minimum absolute atomic E-state index is 0.0365.